The van der Waals surface area contributed by atoms with Crippen molar-refractivity contribution in [3.63, 3.8) is 0 Å². The molecule has 34 heavy (non-hydrogen) atoms. The molecule has 4 aromatic heterocycles. The van der Waals surface area contributed by atoms with E-state index >= 15 is 0 Å². The number of pyridine rings is 2. The summed E-state index contributed by atoms with van der Waals surface area (Å²) >= 11 is 0. The molecular formula is C23H24F3N7O. The number of nitrogens with zero attached hydrogens (tertiary/aromatic N) is 6. The van der Waals surface area contributed by atoms with Crippen LogP contribution in [0.4, 0.5) is 19.0 Å². The van der Waals surface area contributed by atoms with Gasteiger partial charge in [-0.15, -0.1) is 0 Å². The van der Waals surface area contributed by atoms with Crippen LogP contribution in [-0.2, 0) is 13.2 Å². The maximum absolute atomic E-state index is 13.0. The summed E-state index contributed by atoms with van der Waals surface area (Å²) in [5.41, 5.74) is 1.95. The number of fused-ring (bicyclic) bond motifs is 1. The van der Waals surface area contributed by atoms with E-state index in [1.807, 2.05) is 37.2 Å². The van der Waals surface area contributed by atoms with Crippen LogP contribution in [0.1, 0.15) is 37.3 Å². The number of anilines is 1. The smallest absolute Gasteiger partial charge is 0.416 e. The quantitative estimate of drug-likeness (QED) is 0.448. The molecule has 0 saturated heterocycles. The van der Waals surface area contributed by atoms with Gasteiger partial charge in [0.2, 0.25) is 5.88 Å². The van der Waals surface area contributed by atoms with Gasteiger partial charge in [0.05, 0.1) is 23.3 Å². The molecule has 0 radical (unpaired) electrons. The molecule has 1 N–H and O–H groups in total. The third kappa shape index (κ3) is 4.29. The van der Waals surface area contributed by atoms with Gasteiger partial charge in [-0.05, 0) is 31.7 Å². The van der Waals surface area contributed by atoms with E-state index in [9.17, 15) is 13.2 Å². The summed E-state index contributed by atoms with van der Waals surface area (Å²) < 4.78 is 48.5. The van der Waals surface area contributed by atoms with E-state index in [-0.39, 0.29) is 18.0 Å². The molecule has 4 aromatic rings. The van der Waals surface area contributed by atoms with Crippen molar-refractivity contribution >= 4 is 16.7 Å². The molecular weight excluding hydrogens is 447 g/mol. The highest BCUT2D eigenvalue weighted by atomic mass is 19.4. The van der Waals surface area contributed by atoms with E-state index in [2.05, 4.69) is 20.4 Å². The van der Waals surface area contributed by atoms with Gasteiger partial charge in [-0.2, -0.15) is 23.4 Å². The van der Waals surface area contributed by atoms with Crippen LogP contribution in [0.3, 0.4) is 0 Å². The number of halogens is 3. The normalized spacial score (nSPS) is 18.9. The van der Waals surface area contributed by atoms with Crippen LogP contribution in [0.2, 0.25) is 0 Å². The first-order chi connectivity index (χ1) is 16.3. The standard InChI is InChI=1S/C23H24F3N7O/c1-27-20-10-19-18(12-29-20)22(14-11-30-32(2)13-14)31-33(19)16-3-5-17(6-4-16)34-21-9-15(7-8-28-21)23(24,25)26/h7-13,16-17H,3-6H2,1-2H3,(H,27,29)/t16-,17+. The third-order valence-corrected chi connectivity index (χ3v) is 6.17. The molecule has 0 amide bonds. The highest BCUT2D eigenvalue weighted by Crippen LogP contribution is 2.37. The zero-order chi connectivity index (χ0) is 23.9. The maximum atomic E-state index is 13.0. The molecule has 1 aliphatic rings. The fraction of sp³-hybridized carbons (Fsp3) is 0.391. The molecule has 1 saturated carbocycles. The Morgan fingerprint density at radius 1 is 1.09 bits per heavy atom. The Bertz CT molecular complexity index is 1310. The van der Waals surface area contributed by atoms with Crippen molar-refractivity contribution in [2.24, 2.45) is 7.05 Å². The van der Waals surface area contributed by atoms with Crippen molar-refractivity contribution in [3.05, 3.63) is 48.5 Å². The van der Waals surface area contributed by atoms with Crippen LogP contribution < -0.4 is 10.1 Å². The Morgan fingerprint density at radius 3 is 2.56 bits per heavy atom. The average molecular weight is 471 g/mol. The molecule has 0 unspecified atom stereocenters. The van der Waals surface area contributed by atoms with Crippen LogP contribution in [0.25, 0.3) is 22.2 Å². The molecule has 178 valence electrons. The van der Waals surface area contributed by atoms with E-state index in [1.165, 1.54) is 0 Å². The second-order valence-electron chi connectivity index (χ2n) is 8.46. The van der Waals surface area contributed by atoms with Crippen LogP contribution in [0.15, 0.2) is 43.0 Å². The molecule has 0 aromatic carbocycles. The highest BCUT2D eigenvalue weighted by molar-refractivity contribution is 5.93. The fourth-order valence-corrected chi connectivity index (χ4v) is 4.43. The monoisotopic (exact) mass is 471 g/mol. The van der Waals surface area contributed by atoms with Gasteiger partial charge in [0.15, 0.2) is 0 Å². The summed E-state index contributed by atoms with van der Waals surface area (Å²) in [5, 5.41) is 13.2. The van der Waals surface area contributed by atoms with Gasteiger partial charge in [0.1, 0.15) is 17.6 Å². The van der Waals surface area contributed by atoms with Gasteiger partial charge in [-0.25, -0.2) is 9.97 Å². The molecule has 1 aliphatic carbocycles. The van der Waals surface area contributed by atoms with Crippen molar-refractivity contribution in [1.82, 2.24) is 29.5 Å². The summed E-state index contributed by atoms with van der Waals surface area (Å²) in [5.74, 6) is 0.755. The molecule has 0 spiro atoms. The molecule has 11 heteroatoms. The summed E-state index contributed by atoms with van der Waals surface area (Å²) in [4.78, 5) is 8.42. The summed E-state index contributed by atoms with van der Waals surface area (Å²) in [6.07, 6.45) is 4.98. The number of hydrogen-bond donors (Lipinski definition) is 1. The van der Waals surface area contributed by atoms with Gasteiger partial charge in [-0.3, -0.25) is 9.36 Å². The Morgan fingerprint density at radius 2 is 1.88 bits per heavy atom. The minimum atomic E-state index is -4.42. The van der Waals surface area contributed by atoms with Gasteiger partial charge in [-0.1, -0.05) is 0 Å². The topological polar surface area (TPSA) is 82.7 Å². The molecule has 0 atom stereocenters. The fourth-order valence-electron chi connectivity index (χ4n) is 4.43. The molecule has 0 aliphatic heterocycles. The molecule has 4 heterocycles. The van der Waals surface area contributed by atoms with Crippen LogP contribution in [0.5, 0.6) is 5.88 Å². The van der Waals surface area contributed by atoms with Gasteiger partial charge in [0.25, 0.3) is 0 Å². The van der Waals surface area contributed by atoms with Crippen molar-refractivity contribution < 1.29 is 17.9 Å². The summed E-state index contributed by atoms with van der Waals surface area (Å²) in [6, 6.07) is 4.02. The van der Waals surface area contributed by atoms with Crippen LogP contribution in [-0.4, -0.2) is 42.7 Å². The first kappa shape index (κ1) is 22.2. The number of ether oxygens (including phenoxy) is 1. The second kappa shape index (κ2) is 8.62. The lowest BCUT2D eigenvalue weighted by Gasteiger charge is -2.29. The number of alkyl halides is 3. The van der Waals surface area contributed by atoms with Crippen LogP contribution in [0, 0.1) is 0 Å². The third-order valence-electron chi connectivity index (χ3n) is 6.17. The van der Waals surface area contributed by atoms with E-state index in [0.717, 1.165) is 59.1 Å². The van der Waals surface area contributed by atoms with Crippen molar-refractivity contribution in [2.75, 3.05) is 12.4 Å². The number of hydrogen-bond acceptors (Lipinski definition) is 6. The molecule has 8 nitrogen and oxygen atoms in total. The second-order valence-corrected chi connectivity index (χ2v) is 8.46. The van der Waals surface area contributed by atoms with Gasteiger partial charge in [0, 0.05) is 55.8 Å². The lowest BCUT2D eigenvalue weighted by molar-refractivity contribution is -0.137. The van der Waals surface area contributed by atoms with Crippen molar-refractivity contribution in [1.29, 1.82) is 0 Å². The highest BCUT2D eigenvalue weighted by Gasteiger charge is 2.32. The van der Waals surface area contributed by atoms with Gasteiger partial charge >= 0.3 is 6.18 Å². The van der Waals surface area contributed by atoms with Gasteiger partial charge < -0.3 is 10.1 Å². The number of aromatic nitrogens is 6. The van der Waals surface area contributed by atoms with E-state index in [4.69, 9.17) is 9.84 Å². The van der Waals surface area contributed by atoms with Crippen molar-refractivity contribution in [3.8, 4) is 17.1 Å². The number of rotatable bonds is 5. The lowest BCUT2D eigenvalue weighted by Crippen LogP contribution is -2.26. The SMILES string of the molecule is CNc1cc2c(cn1)c(-c1cnn(C)c1)nn2[C@H]1CC[C@@H](Oc2cc(C(F)(F)F)ccn2)CC1. The number of nitrogens with one attached hydrogen (secondary N) is 1. The minimum Gasteiger partial charge on any atom is -0.474 e. The first-order valence-corrected chi connectivity index (χ1v) is 11.1. The minimum absolute atomic E-state index is 0.00594. The summed E-state index contributed by atoms with van der Waals surface area (Å²) in [6.45, 7) is 0. The van der Waals surface area contributed by atoms with E-state index < -0.39 is 11.7 Å². The Labute approximate surface area is 193 Å². The number of aryl methyl sites for hydroxylation is 1. The molecule has 5 rings (SSSR count). The first-order valence-electron chi connectivity index (χ1n) is 11.1. The predicted molar refractivity (Wildman–Crippen MR) is 120 cm³/mol. The summed E-state index contributed by atoms with van der Waals surface area (Å²) in [7, 11) is 3.68. The Hall–Kier alpha value is -3.63. The van der Waals surface area contributed by atoms with E-state index in [0.29, 0.717) is 12.8 Å². The predicted octanol–water partition coefficient (Wildman–Crippen LogP) is 4.85. The molecule has 1 fully saturated rings. The van der Waals surface area contributed by atoms with Crippen molar-refractivity contribution in [2.45, 2.75) is 44.0 Å². The lowest BCUT2D eigenvalue weighted by atomic mass is 9.93. The molecule has 0 bridgehead atoms. The zero-order valence-corrected chi connectivity index (χ0v) is 18.8. The Kier molecular flexibility index (Phi) is 5.62. The van der Waals surface area contributed by atoms with Crippen LogP contribution >= 0.6 is 0 Å². The largest absolute Gasteiger partial charge is 0.474 e. The zero-order valence-electron chi connectivity index (χ0n) is 18.8. The Balaban J connectivity index is 1.37. The average Bonchev–Trinajstić information content (AvgIpc) is 3.42. The van der Waals surface area contributed by atoms with E-state index in [1.54, 1.807) is 10.9 Å². The maximum Gasteiger partial charge on any atom is 0.416 e.